The van der Waals surface area contributed by atoms with Crippen molar-refractivity contribution in [3.8, 4) is 5.75 Å². The standard InChI is InChI=1S/C33H41ClN2O4S/c1-39-31-22-5-3-7-26(16-22)41(2,38)35-32(37)23-9-13-30-29(17-23)36(18-24-8-11-27(24)31)19-33(20-40-30)14-4-6-21-15-25(34)10-12-28(21)33/h9-10,12-13,15,17,22,24,26-27,31H,2-8,11,14,16,18-20H2,1H3,(H,35,37,38)/t22-,24-,26-,27+,31+,33-,41?/m0/s1. The van der Waals surface area contributed by atoms with Gasteiger partial charge in [0.15, 0.2) is 0 Å². The molecule has 220 valence electrons. The summed E-state index contributed by atoms with van der Waals surface area (Å²) in [4.78, 5) is 16.0. The molecule has 2 aliphatic heterocycles. The van der Waals surface area contributed by atoms with Crippen LogP contribution in [0, 0.1) is 17.8 Å². The number of benzene rings is 2. The lowest BCUT2D eigenvalue weighted by Crippen LogP contribution is -2.51. The van der Waals surface area contributed by atoms with Crippen LogP contribution in [0.4, 0.5) is 5.69 Å². The van der Waals surface area contributed by atoms with E-state index in [1.54, 1.807) is 6.07 Å². The number of halogens is 1. The maximum atomic E-state index is 13.9. The summed E-state index contributed by atoms with van der Waals surface area (Å²) in [6.45, 7) is 2.30. The summed E-state index contributed by atoms with van der Waals surface area (Å²) in [6, 6.07) is 12.0. The number of methoxy groups -OCH3 is 1. The molecule has 7 atom stereocenters. The summed E-state index contributed by atoms with van der Waals surface area (Å²) in [5, 5.41) is 0.646. The summed E-state index contributed by atoms with van der Waals surface area (Å²) in [5.41, 5.74) is 3.94. The van der Waals surface area contributed by atoms with Crippen molar-refractivity contribution in [3.05, 3.63) is 58.1 Å². The monoisotopic (exact) mass is 596 g/mol. The van der Waals surface area contributed by atoms with Gasteiger partial charge in [0, 0.05) is 41.5 Å². The molecule has 2 fully saturated rings. The molecule has 4 bridgehead atoms. The Labute approximate surface area is 249 Å². The van der Waals surface area contributed by atoms with Crippen molar-refractivity contribution >= 4 is 38.8 Å². The van der Waals surface area contributed by atoms with Crippen LogP contribution in [0.1, 0.15) is 72.9 Å². The highest BCUT2D eigenvalue weighted by Gasteiger charge is 2.47. The Morgan fingerprint density at radius 2 is 2.00 bits per heavy atom. The first-order chi connectivity index (χ1) is 19.8. The fraction of sp³-hybridized carbons (Fsp3) is 0.576. The molecule has 6 nitrogen and oxygen atoms in total. The highest BCUT2D eigenvalue weighted by Crippen LogP contribution is 2.48. The van der Waals surface area contributed by atoms with E-state index >= 15 is 0 Å². The van der Waals surface area contributed by atoms with Crippen molar-refractivity contribution in [1.29, 1.82) is 0 Å². The molecule has 8 heteroatoms. The van der Waals surface area contributed by atoms with E-state index < -0.39 is 9.71 Å². The van der Waals surface area contributed by atoms with Crippen LogP contribution in [0.25, 0.3) is 0 Å². The molecule has 0 aromatic heterocycles. The molecule has 2 saturated carbocycles. The van der Waals surface area contributed by atoms with Gasteiger partial charge in [-0.1, -0.05) is 24.1 Å². The number of anilines is 1. The lowest BCUT2D eigenvalue weighted by atomic mass is 9.65. The van der Waals surface area contributed by atoms with Crippen molar-refractivity contribution < 1.29 is 18.5 Å². The number of ether oxygens (including phenoxy) is 2. The van der Waals surface area contributed by atoms with Crippen molar-refractivity contribution in [2.75, 3.05) is 31.7 Å². The Hall–Kier alpha value is -2.22. The molecule has 41 heavy (non-hydrogen) atoms. The van der Waals surface area contributed by atoms with Gasteiger partial charge in [-0.3, -0.25) is 9.52 Å². The Kier molecular flexibility index (Phi) is 7.07. The second-order valence-corrected chi connectivity index (χ2v) is 16.0. The fourth-order valence-electron chi connectivity index (χ4n) is 8.63. The first kappa shape index (κ1) is 27.6. The summed E-state index contributed by atoms with van der Waals surface area (Å²) >= 11 is 6.42. The highest BCUT2D eigenvalue weighted by molar-refractivity contribution is 7.99. The van der Waals surface area contributed by atoms with Gasteiger partial charge in [0.05, 0.1) is 28.1 Å². The number of rotatable bonds is 1. The van der Waals surface area contributed by atoms with Crippen LogP contribution < -0.4 is 14.4 Å². The molecule has 1 spiro atoms. The number of fused-ring (bicyclic) bond motifs is 6. The second-order valence-electron chi connectivity index (χ2n) is 13.2. The van der Waals surface area contributed by atoms with E-state index in [4.69, 9.17) is 21.1 Å². The van der Waals surface area contributed by atoms with Gasteiger partial charge in [-0.15, -0.1) is 0 Å². The SMILES string of the molecule is C=S1(=O)NC(=O)c2ccc3c(c2)N(C[C@@H]2CC[C@H]2[C@H](OC)[C@H]2CCC[C@H]1C2)C[C@@]1(CCCc2cc(Cl)ccc21)CO3. The molecule has 1 N–H and O–H groups in total. The fourth-order valence-corrected chi connectivity index (χ4v) is 10.5. The molecule has 2 aromatic rings. The Bertz CT molecular complexity index is 1460. The van der Waals surface area contributed by atoms with E-state index in [1.165, 1.54) is 17.5 Å². The maximum Gasteiger partial charge on any atom is 0.262 e. The quantitative estimate of drug-likeness (QED) is 0.422. The van der Waals surface area contributed by atoms with Gasteiger partial charge < -0.3 is 14.4 Å². The summed E-state index contributed by atoms with van der Waals surface area (Å²) in [5.74, 6) is 5.84. The molecule has 1 unspecified atom stereocenters. The summed E-state index contributed by atoms with van der Waals surface area (Å²) in [7, 11) is -0.977. The predicted molar refractivity (Wildman–Crippen MR) is 166 cm³/mol. The topological polar surface area (TPSA) is 67.9 Å². The highest BCUT2D eigenvalue weighted by atomic mass is 35.5. The van der Waals surface area contributed by atoms with Crippen molar-refractivity contribution in [2.45, 2.75) is 74.6 Å². The molecular weight excluding hydrogens is 556 g/mol. The average molecular weight is 597 g/mol. The van der Waals surface area contributed by atoms with Gasteiger partial charge in [-0.2, -0.15) is 0 Å². The number of amides is 1. The maximum absolute atomic E-state index is 13.9. The van der Waals surface area contributed by atoms with Crippen LogP contribution in [0.3, 0.4) is 0 Å². The molecule has 0 saturated heterocycles. The number of nitrogens with zero attached hydrogens (tertiary/aromatic N) is 1. The minimum Gasteiger partial charge on any atom is -0.490 e. The zero-order valence-corrected chi connectivity index (χ0v) is 25.5. The van der Waals surface area contributed by atoms with Gasteiger partial charge in [-0.05, 0) is 116 Å². The third-order valence-electron chi connectivity index (χ3n) is 10.9. The molecule has 5 aliphatic rings. The van der Waals surface area contributed by atoms with Gasteiger partial charge in [0.2, 0.25) is 0 Å². The van der Waals surface area contributed by atoms with Crippen molar-refractivity contribution in [1.82, 2.24) is 4.72 Å². The van der Waals surface area contributed by atoms with E-state index in [0.29, 0.717) is 29.9 Å². The van der Waals surface area contributed by atoms with Crippen molar-refractivity contribution in [2.24, 2.45) is 17.8 Å². The van der Waals surface area contributed by atoms with Crippen LogP contribution in [0.15, 0.2) is 36.4 Å². The number of aryl methyl sites for hydroxylation is 1. The Morgan fingerprint density at radius 1 is 1.12 bits per heavy atom. The number of hydrogen-bond acceptors (Lipinski definition) is 5. The van der Waals surface area contributed by atoms with Crippen LogP contribution in [-0.4, -0.2) is 54.1 Å². The summed E-state index contributed by atoms with van der Waals surface area (Å²) in [6.07, 6.45) is 9.29. The lowest BCUT2D eigenvalue weighted by molar-refractivity contribution is -0.0588. The molecule has 2 aromatic carbocycles. The molecule has 3 aliphatic carbocycles. The minimum atomic E-state index is -2.82. The largest absolute Gasteiger partial charge is 0.490 e. The second kappa shape index (κ2) is 10.5. The first-order valence-electron chi connectivity index (χ1n) is 15.3. The average Bonchev–Trinajstić information content (AvgIpc) is 3.10. The third kappa shape index (κ3) is 4.86. The van der Waals surface area contributed by atoms with E-state index in [9.17, 15) is 9.00 Å². The lowest BCUT2D eigenvalue weighted by Gasteiger charge is -2.49. The van der Waals surface area contributed by atoms with Crippen LogP contribution >= 0.6 is 11.6 Å². The predicted octanol–water partition coefficient (Wildman–Crippen LogP) is 5.79. The smallest absolute Gasteiger partial charge is 0.262 e. The molecule has 1 amide bonds. The van der Waals surface area contributed by atoms with Gasteiger partial charge in [0.1, 0.15) is 5.75 Å². The Morgan fingerprint density at radius 3 is 2.80 bits per heavy atom. The van der Waals surface area contributed by atoms with E-state index in [0.717, 1.165) is 80.9 Å². The molecular formula is C33H41ClN2O4S. The zero-order chi connectivity index (χ0) is 28.4. The Balaban J connectivity index is 1.32. The molecule has 2 heterocycles. The van der Waals surface area contributed by atoms with Crippen LogP contribution in [0.2, 0.25) is 5.02 Å². The zero-order valence-electron chi connectivity index (χ0n) is 23.9. The number of nitrogens with one attached hydrogen (secondary N) is 1. The van der Waals surface area contributed by atoms with E-state index in [-0.39, 0.29) is 22.7 Å². The van der Waals surface area contributed by atoms with Crippen LogP contribution in [-0.2, 0) is 26.3 Å². The third-order valence-corrected chi connectivity index (χ3v) is 13.1. The number of carbonyl (C=O) groups is 1. The summed E-state index contributed by atoms with van der Waals surface area (Å²) < 4.78 is 29.6. The normalized spacial score (nSPS) is 36.5. The van der Waals surface area contributed by atoms with E-state index in [1.807, 2.05) is 25.3 Å². The minimum absolute atomic E-state index is 0.130. The van der Waals surface area contributed by atoms with Crippen LogP contribution in [0.5, 0.6) is 5.75 Å². The van der Waals surface area contributed by atoms with Gasteiger partial charge >= 0.3 is 0 Å². The van der Waals surface area contributed by atoms with Gasteiger partial charge in [0.25, 0.3) is 5.91 Å². The van der Waals surface area contributed by atoms with Gasteiger partial charge in [-0.25, -0.2) is 4.21 Å². The first-order valence-corrected chi connectivity index (χ1v) is 17.4. The molecule has 0 radical (unpaired) electrons. The molecule has 7 rings (SSSR count). The van der Waals surface area contributed by atoms with E-state index in [2.05, 4.69) is 27.6 Å². The van der Waals surface area contributed by atoms with Crippen molar-refractivity contribution in [3.63, 3.8) is 0 Å². The number of carbonyl (C=O) groups excluding carboxylic acids is 1. The number of hydrogen-bond donors (Lipinski definition) is 1.